The van der Waals surface area contributed by atoms with Crippen molar-refractivity contribution in [2.24, 2.45) is 0 Å². The van der Waals surface area contributed by atoms with Crippen LogP contribution in [0.1, 0.15) is 22.8 Å². The number of anilines is 2. The van der Waals surface area contributed by atoms with E-state index in [1.165, 1.54) is 17.0 Å². The number of carbonyl (C=O) groups excluding carboxylic acids is 3. The number of hydrogen-bond donors (Lipinski definition) is 3. The van der Waals surface area contributed by atoms with Gasteiger partial charge in [0.2, 0.25) is 5.91 Å². The summed E-state index contributed by atoms with van der Waals surface area (Å²) in [5.74, 6) is -0.953. The van der Waals surface area contributed by atoms with Crippen LogP contribution in [-0.2, 0) is 11.3 Å². The minimum atomic E-state index is -0.395. The lowest BCUT2D eigenvalue weighted by Crippen LogP contribution is -2.40. The fourth-order valence-electron chi connectivity index (χ4n) is 3.05. The molecule has 0 aromatic heterocycles. The molecule has 8 heteroatoms. The van der Waals surface area contributed by atoms with Gasteiger partial charge in [-0.05, 0) is 61.0 Å². The van der Waals surface area contributed by atoms with Gasteiger partial charge in [0.05, 0.1) is 6.54 Å². The average Bonchev–Trinajstić information content (AvgIpc) is 2.83. The number of amides is 4. The van der Waals surface area contributed by atoms with Crippen molar-refractivity contribution in [3.8, 4) is 0 Å². The summed E-state index contributed by atoms with van der Waals surface area (Å²) in [4.78, 5) is 38.6. The summed E-state index contributed by atoms with van der Waals surface area (Å²) in [6.45, 7) is 2.28. The smallest absolute Gasteiger partial charge is 0.323 e. The Bertz CT molecular complexity index is 1090. The standard InChI is InChI=1S/C25H25FN4O3/c1-2-30(17-23(31)27-16-18-8-12-20(26)13-9-18)24(32)19-10-14-22(15-11-19)29-25(33)28-21-6-4-3-5-7-21/h3-15H,2,16-17H2,1H3,(H,27,31)(H2,28,29,33). The second-order valence-electron chi connectivity index (χ2n) is 7.25. The van der Waals surface area contributed by atoms with E-state index >= 15 is 0 Å². The predicted octanol–water partition coefficient (Wildman–Crippen LogP) is 4.25. The van der Waals surface area contributed by atoms with Crippen LogP contribution in [-0.4, -0.2) is 35.8 Å². The third-order valence-electron chi connectivity index (χ3n) is 4.83. The van der Waals surface area contributed by atoms with E-state index in [0.717, 1.165) is 5.56 Å². The molecule has 7 nitrogen and oxygen atoms in total. The minimum absolute atomic E-state index is 0.101. The molecule has 4 amide bonds. The maximum Gasteiger partial charge on any atom is 0.323 e. The maximum absolute atomic E-state index is 13.0. The minimum Gasteiger partial charge on any atom is -0.350 e. The number of likely N-dealkylation sites (N-methyl/N-ethyl adjacent to an activating group) is 1. The fraction of sp³-hybridized carbons (Fsp3) is 0.160. The zero-order valence-corrected chi connectivity index (χ0v) is 18.2. The Morgan fingerprint density at radius 2 is 1.42 bits per heavy atom. The Balaban J connectivity index is 1.52. The first-order chi connectivity index (χ1) is 15.9. The van der Waals surface area contributed by atoms with Gasteiger partial charge in [-0.2, -0.15) is 0 Å². The summed E-state index contributed by atoms with van der Waals surface area (Å²) in [6, 6.07) is 20.9. The van der Waals surface area contributed by atoms with Gasteiger partial charge in [-0.15, -0.1) is 0 Å². The maximum atomic E-state index is 13.0. The molecule has 0 bridgehead atoms. The van der Waals surface area contributed by atoms with Crippen LogP contribution in [0.2, 0.25) is 0 Å². The third kappa shape index (κ3) is 7.17. The van der Waals surface area contributed by atoms with E-state index in [0.29, 0.717) is 23.5 Å². The van der Waals surface area contributed by atoms with E-state index in [-0.39, 0.29) is 30.7 Å². The number of nitrogens with zero attached hydrogens (tertiary/aromatic N) is 1. The number of rotatable bonds is 8. The van der Waals surface area contributed by atoms with E-state index in [4.69, 9.17) is 0 Å². The molecule has 0 radical (unpaired) electrons. The van der Waals surface area contributed by atoms with Gasteiger partial charge in [-0.25, -0.2) is 9.18 Å². The molecule has 3 aromatic carbocycles. The zero-order valence-electron chi connectivity index (χ0n) is 18.2. The van der Waals surface area contributed by atoms with E-state index in [9.17, 15) is 18.8 Å². The summed E-state index contributed by atoms with van der Waals surface area (Å²) in [5, 5.41) is 8.15. The molecule has 170 valence electrons. The van der Waals surface area contributed by atoms with Gasteiger partial charge < -0.3 is 20.9 Å². The molecule has 0 aliphatic heterocycles. The molecule has 3 aromatic rings. The number of halogens is 1. The summed E-state index contributed by atoms with van der Waals surface area (Å²) < 4.78 is 13.0. The van der Waals surface area contributed by atoms with E-state index in [2.05, 4.69) is 16.0 Å². The highest BCUT2D eigenvalue weighted by Crippen LogP contribution is 2.13. The van der Waals surface area contributed by atoms with Crippen molar-refractivity contribution in [1.29, 1.82) is 0 Å². The fourth-order valence-corrected chi connectivity index (χ4v) is 3.05. The van der Waals surface area contributed by atoms with Crippen molar-refractivity contribution in [2.45, 2.75) is 13.5 Å². The number of nitrogens with one attached hydrogen (secondary N) is 3. The van der Waals surface area contributed by atoms with Crippen LogP contribution in [0.3, 0.4) is 0 Å². The topological polar surface area (TPSA) is 90.5 Å². The number of carbonyl (C=O) groups is 3. The lowest BCUT2D eigenvalue weighted by Gasteiger charge is -2.20. The van der Waals surface area contributed by atoms with Crippen LogP contribution in [0.4, 0.5) is 20.6 Å². The summed E-state index contributed by atoms with van der Waals surface area (Å²) in [6.07, 6.45) is 0. The quantitative estimate of drug-likeness (QED) is 0.481. The van der Waals surface area contributed by atoms with Gasteiger partial charge >= 0.3 is 6.03 Å². The number of benzene rings is 3. The molecule has 3 rings (SSSR count). The molecule has 0 saturated heterocycles. The second kappa shape index (κ2) is 11.4. The summed E-state index contributed by atoms with van der Waals surface area (Å²) in [7, 11) is 0. The molecule has 0 atom stereocenters. The first-order valence-corrected chi connectivity index (χ1v) is 10.5. The summed E-state index contributed by atoms with van der Waals surface area (Å²) >= 11 is 0. The van der Waals surface area contributed by atoms with Crippen molar-refractivity contribution < 1.29 is 18.8 Å². The Hall–Kier alpha value is -4.20. The molecular weight excluding hydrogens is 423 g/mol. The van der Waals surface area contributed by atoms with Crippen LogP contribution in [0.5, 0.6) is 0 Å². The Labute approximate surface area is 191 Å². The van der Waals surface area contributed by atoms with Crippen molar-refractivity contribution >= 4 is 29.2 Å². The number of urea groups is 1. The van der Waals surface area contributed by atoms with Gasteiger partial charge in [0.15, 0.2) is 0 Å². The average molecular weight is 448 g/mol. The van der Waals surface area contributed by atoms with E-state index < -0.39 is 6.03 Å². The molecule has 0 fully saturated rings. The third-order valence-corrected chi connectivity index (χ3v) is 4.83. The highest BCUT2D eigenvalue weighted by molar-refractivity contribution is 6.00. The summed E-state index contributed by atoms with van der Waals surface area (Å²) in [5.41, 5.74) is 2.36. The van der Waals surface area contributed by atoms with Gasteiger partial charge in [0.1, 0.15) is 5.82 Å². The lowest BCUT2D eigenvalue weighted by atomic mass is 10.1. The zero-order chi connectivity index (χ0) is 23.6. The number of para-hydroxylation sites is 1. The molecule has 0 saturated carbocycles. The normalized spacial score (nSPS) is 10.2. The predicted molar refractivity (Wildman–Crippen MR) is 125 cm³/mol. The largest absolute Gasteiger partial charge is 0.350 e. The SMILES string of the molecule is CCN(CC(=O)NCc1ccc(F)cc1)C(=O)c1ccc(NC(=O)Nc2ccccc2)cc1. The monoisotopic (exact) mass is 448 g/mol. The first kappa shape index (κ1) is 23.5. The van der Waals surface area contributed by atoms with Gasteiger partial charge in [0.25, 0.3) is 5.91 Å². The molecule has 0 aliphatic carbocycles. The van der Waals surface area contributed by atoms with Crippen LogP contribution in [0, 0.1) is 5.82 Å². The van der Waals surface area contributed by atoms with Gasteiger partial charge in [0, 0.05) is 30.0 Å². The van der Waals surface area contributed by atoms with Crippen molar-refractivity contribution in [3.05, 3.63) is 95.8 Å². The van der Waals surface area contributed by atoms with Crippen LogP contribution >= 0.6 is 0 Å². The van der Waals surface area contributed by atoms with Crippen molar-refractivity contribution in [3.63, 3.8) is 0 Å². The second-order valence-corrected chi connectivity index (χ2v) is 7.25. The van der Waals surface area contributed by atoms with Crippen LogP contribution in [0.15, 0.2) is 78.9 Å². The van der Waals surface area contributed by atoms with Crippen LogP contribution < -0.4 is 16.0 Å². The van der Waals surface area contributed by atoms with E-state index in [1.807, 2.05) is 18.2 Å². The first-order valence-electron chi connectivity index (χ1n) is 10.5. The number of hydrogen-bond acceptors (Lipinski definition) is 3. The molecular formula is C25H25FN4O3. The molecule has 3 N–H and O–H groups in total. The molecule has 0 unspecified atom stereocenters. The Kier molecular flexibility index (Phi) is 8.13. The molecule has 0 spiro atoms. The Morgan fingerprint density at radius 1 is 0.818 bits per heavy atom. The van der Waals surface area contributed by atoms with Crippen molar-refractivity contribution in [1.82, 2.24) is 10.2 Å². The van der Waals surface area contributed by atoms with Gasteiger partial charge in [-0.3, -0.25) is 9.59 Å². The molecule has 0 heterocycles. The van der Waals surface area contributed by atoms with Gasteiger partial charge in [-0.1, -0.05) is 30.3 Å². The Morgan fingerprint density at radius 3 is 2.03 bits per heavy atom. The highest BCUT2D eigenvalue weighted by atomic mass is 19.1. The van der Waals surface area contributed by atoms with Crippen LogP contribution in [0.25, 0.3) is 0 Å². The lowest BCUT2D eigenvalue weighted by molar-refractivity contribution is -0.121. The molecule has 0 aliphatic rings. The van der Waals surface area contributed by atoms with Crippen molar-refractivity contribution in [2.75, 3.05) is 23.7 Å². The molecule has 33 heavy (non-hydrogen) atoms. The highest BCUT2D eigenvalue weighted by Gasteiger charge is 2.17. The van der Waals surface area contributed by atoms with E-state index in [1.54, 1.807) is 55.5 Å².